The first-order valence-corrected chi connectivity index (χ1v) is 12.3. The molecule has 0 aliphatic heterocycles. The van der Waals surface area contributed by atoms with Gasteiger partial charge in [0.1, 0.15) is 5.75 Å². The molecule has 37 heavy (non-hydrogen) atoms. The van der Waals surface area contributed by atoms with Crippen molar-refractivity contribution in [1.82, 2.24) is 10.3 Å². The van der Waals surface area contributed by atoms with Crippen molar-refractivity contribution < 1.29 is 23.5 Å². The lowest BCUT2D eigenvalue weighted by molar-refractivity contribution is -0.137. The molecule has 0 aliphatic rings. The lowest BCUT2D eigenvalue weighted by atomic mass is 9.94. The van der Waals surface area contributed by atoms with Crippen molar-refractivity contribution in [2.24, 2.45) is 0 Å². The van der Waals surface area contributed by atoms with Gasteiger partial charge in [0.15, 0.2) is 12.2 Å². The molecule has 2 heterocycles. The maximum Gasteiger partial charge on any atom is 0.313 e. The number of benzene rings is 2. The molecule has 9 nitrogen and oxygen atoms in total. The summed E-state index contributed by atoms with van der Waals surface area (Å²) in [5.41, 5.74) is 1.98. The van der Waals surface area contributed by atoms with Gasteiger partial charge in [0.2, 0.25) is 0 Å². The van der Waals surface area contributed by atoms with Crippen molar-refractivity contribution in [2.75, 3.05) is 17.7 Å². The lowest BCUT2D eigenvalue weighted by Gasteiger charge is -2.26. The van der Waals surface area contributed by atoms with E-state index in [1.165, 1.54) is 24.8 Å². The first kappa shape index (κ1) is 25.6. The van der Waals surface area contributed by atoms with Crippen LogP contribution in [0, 0.1) is 0 Å². The highest BCUT2D eigenvalue weighted by Gasteiger charge is 2.25. The van der Waals surface area contributed by atoms with E-state index in [4.69, 9.17) is 9.15 Å². The predicted molar refractivity (Wildman–Crippen MR) is 142 cm³/mol. The Labute approximate surface area is 217 Å². The van der Waals surface area contributed by atoms with Crippen LogP contribution in [0.5, 0.6) is 5.75 Å². The third-order valence-electron chi connectivity index (χ3n) is 5.42. The molecule has 4 aromatic rings. The first-order chi connectivity index (χ1) is 17.7. The first-order valence-electron chi connectivity index (χ1n) is 11.4. The Balaban J connectivity index is 1.33. The number of hydrogen-bond acceptors (Lipinski definition) is 7. The maximum atomic E-state index is 12.6. The smallest absolute Gasteiger partial charge is 0.313 e. The largest absolute Gasteiger partial charge is 0.496 e. The van der Waals surface area contributed by atoms with Crippen LogP contribution in [0.25, 0.3) is 11.3 Å². The van der Waals surface area contributed by atoms with E-state index in [-0.39, 0.29) is 5.91 Å². The average Bonchev–Trinajstić information content (AvgIpc) is 3.59. The summed E-state index contributed by atoms with van der Waals surface area (Å²) in [6, 6.07) is 15.9. The van der Waals surface area contributed by atoms with Gasteiger partial charge in [-0.25, -0.2) is 4.98 Å². The summed E-state index contributed by atoms with van der Waals surface area (Å²) in [7, 11) is 1.50. The molecular weight excluding hydrogens is 492 g/mol. The second kappa shape index (κ2) is 11.1. The maximum absolute atomic E-state index is 12.6. The molecular formula is C27H26N4O5S. The predicted octanol–water partition coefficient (Wildman–Crippen LogP) is 4.74. The van der Waals surface area contributed by atoms with Crippen LogP contribution in [0.3, 0.4) is 0 Å². The summed E-state index contributed by atoms with van der Waals surface area (Å²) < 4.78 is 10.7. The standard InChI is InChI=1S/C27H26N4O5S/c1-27(2,14-17-6-8-18(9-7-17)29-24(32)23-5-4-12-37-23)31-26(34)25(33)30-19-10-11-20(21(13-19)35-3)22-15-28-16-36-22/h4-13,15-16H,14H2,1-3H3,(H,29,32)(H,30,33)(H,31,34). The molecule has 3 amide bonds. The van der Waals surface area contributed by atoms with E-state index >= 15 is 0 Å². The van der Waals surface area contributed by atoms with E-state index in [0.29, 0.717) is 39.7 Å². The average molecular weight is 519 g/mol. The number of nitrogens with zero attached hydrogens (tertiary/aromatic N) is 1. The van der Waals surface area contributed by atoms with Crippen LogP contribution >= 0.6 is 11.3 Å². The van der Waals surface area contributed by atoms with Crippen molar-refractivity contribution in [3.63, 3.8) is 0 Å². The van der Waals surface area contributed by atoms with Gasteiger partial charge >= 0.3 is 11.8 Å². The third-order valence-corrected chi connectivity index (χ3v) is 6.29. The quantitative estimate of drug-likeness (QED) is 0.290. The number of amides is 3. The van der Waals surface area contributed by atoms with E-state index in [1.54, 1.807) is 42.6 Å². The number of ether oxygens (including phenoxy) is 1. The Hall–Kier alpha value is -4.44. The SMILES string of the molecule is COc1cc(NC(=O)C(=O)NC(C)(C)Cc2ccc(NC(=O)c3cccs3)cc2)ccc1-c1cnco1. The zero-order valence-corrected chi connectivity index (χ0v) is 21.3. The number of carbonyl (C=O) groups excluding carboxylic acids is 3. The molecule has 0 atom stereocenters. The van der Waals surface area contributed by atoms with Crippen LogP contribution in [0.4, 0.5) is 11.4 Å². The minimum Gasteiger partial charge on any atom is -0.496 e. The zero-order chi connectivity index (χ0) is 26.4. The second-order valence-corrected chi connectivity index (χ2v) is 9.83. The minimum absolute atomic E-state index is 0.161. The van der Waals surface area contributed by atoms with Gasteiger partial charge in [-0.15, -0.1) is 11.3 Å². The monoisotopic (exact) mass is 518 g/mol. The topological polar surface area (TPSA) is 123 Å². The van der Waals surface area contributed by atoms with Gasteiger partial charge in [-0.1, -0.05) is 18.2 Å². The van der Waals surface area contributed by atoms with Crippen molar-refractivity contribution in [1.29, 1.82) is 0 Å². The molecule has 4 rings (SSSR count). The van der Waals surface area contributed by atoms with Crippen molar-refractivity contribution in [3.8, 4) is 17.1 Å². The molecule has 0 bridgehead atoms. The van der Waals surface area contributed by atoms with Crippen LogP contribution in [-0.4, -0.2) is 35.4 Å². The fourth-order valence-electron chi connectivity index (χ4n) is 3.73. The van der Waals surface area contributed by atoms with Gasteiger partial charge in [-0.3, -0.25) is 14.4 Å². The number of aromatic nitrogens is 1. The Morgan fingerprint density at radius 2 is 1.76 bits per heavy atom. The van der Waals surface area contributed by atoms with Crippen LogP contribution in [0.15, 0.2) is 77.0 Å². The number of thiophene rings is 1. The highest BCUT2D eigenvalue weighted by atomic mass is 32.1. The van der Waals surface area contributed by atoms with Crippen LogP contribution in [0.1, 0.15) is 29.1 Å². The molecule has 0 saturated carbocycles. The molecule has 0 unspecified atom stereocenters. The van der Waals surface area contributed by atoms with Gasteiger partial charge in [0, 0.05) is 23.0 Å². The van der Waals surface area contributed by atoms with Gasteiger partial charge in [-0.2, -0.15) is 0 Å². The fraction of sp³-hybridized carbons (Fsp3) is 0.185. The number of anilines is 2. The Kier molecular flexibility index (Phi) is 7.69. The van der Waals surface area contributed by atoms with E-state index in [0.717, 1.165) is 5.56 Å². The van der Waals surface area contributed by atoms with Gasteiger partial charge in [0.05, 0.1) is 23.7 Å². The summed E-state index contributed by atoms with van der Waals surface area (Å²) in [6.07, 6.45) is 3.35. The van der Waals surface area contributed by atoms with Crippen LogP contribution in [0.2, 0.25) is 0 Å². The summed E-state index contributed by atoms with van der Waals surface area (Å²) in [5.74, 6) is -0.735. The molecule has 0 saturated heterocycles. The number of rotatable bonds is 8. The highest BCUT2D eigenvalue weighted by molar-refractivity contribution is 7.12. The summed E-state index contributed by atoms with van der Waals surface area (Å²) in [4.78, 5) is 41.9. The molecule has 190 valence electrons. The van der Waals surface area contributed by atoms with Gasteiger partial charge in [0.25, 0.3) is 5.91 Å². The van der Waals surface area contributed by atoms with Gasteiger partial charge < -0.3 is 25.1 Å². The van der Waals surface area contributed by atoms with E-state index < -0.39 is 17.4 Å². The molecule has 0 spiro atoms. The van der Waals surface area contributed by atoms with Crippen molar-refractivity contribution in [3.05, 3.63) is 83.0 Å². The van der Waals surface area contributed by atoms with E-state index in [1.807, 2.05) is 37.4 Å². The van der Waals surface area contributed by atoms with Crippen molar-refractivity contribution >= 4 is 40.4 Å². The van der Waals surface area contributed by atoms with Crippen LogP contribution in [-0.2, 0) is 16.0 Å². The molecule has 0 fully saturated rings. The fourth-order valence-corrected chi connectivity index (χ4v) is 4.35. The Morgan fingerprint density at radius 1 is 1.00 bits per heavy atom. The number of oxazole rings is 1. The Morgan fingerprint density at radius 3 is 2.41 bits per heavy atom. The molecule has 0 aliphatic carbocycles. The Bertz CT molecular complexity index is 1380. The van der Waals surface area contributed by atoms with E-state index in [2.05, 4.69) is 20.9 Å². The zero-order valence-electron chi connectivity index (χ0n) is 20.5. The summed E-state index contributed by atoms with van der Waals surface area (Å²) >= 11 is 1.37. The second-order valence-electron chi connectivity index (χ2n) is 8.88. The summed E-state index contributed by atoms with van der Waals surface area (Å²) in [5, 5.41) is 10.1. The van der Waals surface area contributed by atoms with E-state index in [9.17, 15) is 14.4 Å². The third kappa shape index (κ3) is 6.62. The highest BCUT2D eigenvalue weighted by Crippen LogP contribution is 2.32. The molecule has 2 aromatic carbocycles. The van der Waals surface area contributed by atoms with Crippen molar-refractivity contribution in [2.45, 2.75) is 25.8 Å². The lowest BCUT2D eigenvalue weighted by Crippen LogP contribution is -2.49. The molecule has 2 aromatic heterocycles. The number of carbonyl (C=O) groups is 3. The van der Waals surface area contributed by atoms with Gasteiger partial charge in [-0.05, 0) is 61.5 Å². The number of methoxy groups -OCH3 is 1. The molecule has 10 heteroatoms. The van der Waals surface area contributed by atoms with Crippen LogP contribution < -0.4 is 20.7 Å². The molecule has 0 radical (unpaired) electrons. The summed E-state index contributed by atoms with van der Waals surface area (Å²) in [6.45, 7) is 3.67. The molecule has 3 N–H and O–H groups in total. The number of nitrogens with one attached hydrogen (secondary N) is 3. The minimum atomic E-state index is -0.797. The normalized spacial score (nSPS) is 11.0. The number of hydrogen-bond donors (Lipinski definition) is 3.